The zero-order valence-corrected chi connectivity index (χ0v) is 13.2. The summed E-state index contributed by atoms with van der Waals surface area (Å²) in [5, 5.41) is 0. The van der Waals surface area contributed by atoms with Crippen molar-refractivity contribution in [1.29, 1.82) is 0 Å². The molecule has 6 nitrogen and oxygen atoms in total. The van der Waals surface area contributed by atoms with Gasteiger partial charge in [0.2, 0.25) is 15.9 Å². The standard InChI is InChI=1S/C13H24N2O4S/c1-4-19-12(11-5-6-11)9-20(17,18)15-7-10(2)14(3)13(16)8-15/h10-12H,4-9H2,1-3H3. The summed E-state index contributed by atoms with van der Waals surface area (Å²) in [6, 6.07) is -0.0857. The average molecular weight is 304 g/mol. The third-order valence-corrected chi connectivity index (χ3v) is 5.95. The number of hydrogen-bond donors (Lipinski definition) is 0. The van der Waals surface area contributed by atoms with Crippen molar-refractivity contribution in [3.63, 3.8) is 0 Å². The molecule has 2 aliphatic rings. The summed E-state index contributed by atoms with van der Waals surface area (Å²) in [6.45, 7) is 4.58. The topological polar surface area (TPSA) is 66.9 Å². The highest BCUT2D eigenvalue weighted by molar-refractivity contribution is 7.89. The van der Waals surface area contributed by atoms with Gasteiger partial charge in [0.25, 0.3) is 0 Å². The molecule has 20 heavy (non-hydrogen) atoms. The van der Waals surface area contributed by atoms with E-state index >= 15 is 0 Å². The van der Waals surface area contributed by atoms with E-state index in [9.17, 15) is 13.2 Å². The van der Waals surface area contributed by atoms with Crippen molar-refractivity contribution in [3.05, 3.63) is 0 Å². The van der Waals surface area contributed by atoms with Crippen LogP contribution in [0, 0.1) is 5.92 Å². The van der Waals surface area contributed by atoms with E-state index in [1.807, 2.05) is 13.8 Å². The summed E-state index contributed by atoms with van der Waals surface area (Å²) in [4.78, 5) is 13.4. The first-order valence-electron chi connectivity index (χ1n) is 7.20. The van der Waals surface area contributed by atoms with Crippen LogP contribution in [-0.4, -0.2) is 68.2 Å². The Morgan fingerprint density at radius 3 is 2.55 bits per heavy atom. The fraction of sp³-hybridized carbons (Fsp3) is 0.923. The van der Waals surface area contributed by atoms with Gasteiger partial charge in [-0.05, 0) is 32.6 Å². The molecule has 1 saturated heterocycles. The number of rotatable bonds is 6. The fourth-order valence-electron chi connectivity index (χ4n) is 2.52. The second-order valence-electron chi connectivity index (χ2n) is 5.76. The Labute approximate surface area is 121 Å². The molecule has 0 aromatic rings. The summed E-state index contributed by atoms with van der Waals surface area (Å²) >= 11 is 0. The number of carbonyl (C=O) groups is 1. The third-order valence-electron chi connectivity index (χ3n) is 4.13. The Balaban J connectivity index is 2.04. The highest BCUT2D eigenvalue weighted by Crippen LogP contribution is 2.35. The van der Waals surface area contributed by atoms with Crippen LogP contribution < -0.4 is 0 Å². The summed E-state index contributed by atoms with van der Waals surface area (Å²) in [6.07, 6.45) is 1.85. The molecule has 2 fully saturated rings. The van der Waals surface area contributed by atoms with Crippen molar-refractivity contribution >= 4 is 15.9 Å². The number of piperazine rings is 1. The molecule has 7 heteroatoms. The van der Waals surface area contributed by atoms with Crippen molar-refractivity contribution in [3.8, 4) is 0 Å². The summed E-state index contributed by atoms with van der Waals surface area (Å²) < 4.78 is 31.8. The van der Waals surface area contributed by atoms with Gasteiger partial charge in [-0.3, -0.25) is 4.79 Å². The normalized spacial score (nSPS) is 26.9. The summed E-state index contributed by atoms with van der Waals surface area (Å²) in [5.74, 6) is 0.215. The lowest BCUT2D eigenvalue weighted by Crippen LogP contribution is -2.56. The zero-order chi connectivity index (χ0) is 14.9. The maximum atomic E-state index is 12.5. The van der Waals surface area contributed by atoms with E-state index in [-0.39, 0.29) is 30.4 Å². The van der Waals surface area contributed by atoms with Gasteiger partial charge in [-0.25, -0.2) is 8.42 Å². The maximum Gasteiger partial charge on any atom is 0.237 e. The number of ether oxygens (including phenoxy) is 1. The van der Waals surface area contributed by atoms with Crippen molar-refractivity contribution in [2.45, 2.75) is 38.8 Å². The Morgan fingerprint density at radius 2 is 2.05 bits per heavy atom. The van der Waals surface area contributed by atoms with Crippen LogP contribution in [0.3, 0.4) is 0 Å². The Morgan fingerprint density at radius 1 is 1.40 bits per heavy atom. The highest BCUT2D eigenvalue weighted by Gasteiger charge is 2.39. The minimum Gasteiger partial charge on any atom is -0.377 e. The predicted octanol–water partition coefficient (Wildman–Crippen LogP) is 0.294. The molecular weight excluding hydrogens is 280 g/mol. The van der Waals surface area contributed by atoms with Gasteiger partial charge < -0.3 is 9.64 Å². The van der Waals surface area contributed by atoms with Gasteiger partial charge in [-0.2, -0.15) is 4.31 Å². The van der Waals surface area contributed by atoms with Crippen LogP contribution in [0.25, 0.3) is 0 Å². The van der Waals surface area contributed by atoms with Crippen LogP contribution in [0.5, 0.6) is 0 Å². The summed E-state index contributed by atoms with van der Waals surface area (Å²) in [7, 11) is -1.73. The molecule has 116 valence electrons. The average Bonchev–Trinajstić information content (AvgIpc) is 3.18. The number of nitrogens with zero attached hydrogens (tertiary/aromatic N) is 2. The smallest absolute Gasteiger partial charge is 0.237 e. The van der Waals surface area contributed by atoms with E-state index in [0.29, 0.717) is 19.1 Å². The molecule has 0 radical (unpaired) electrons. The van der Waals surface area contributed by atoms with Gasteiger partial charge in [0, 0.05) is 26.2 Å². The molecule has 0 N–H and O–H groups in total. The lowest BCUT2D eigenvalue weighted by molar-refractivity contribution is -0.135. The van der Waals surface area contributed by atoms with E-state index in [0.717, 1.165) is 12.8 Å². The molecule has 1 aliphatic carbocycles. The van der Waals surface area contributed by atoms with Gasteiger partial charge in [-0.1, -0.05) is 0 Å². The lowest BCUT2D eigenvalue weighted by Gasteiger charge is -2.37. The molecule has 2 rings (SSSR count). The van der Waals surface area contributed by atoms with Gasteiger partial charge >= 0.3 is 0 Å². The molecule has 1 aliphatic heterocycles. The predicted molar refractivity (Wildman–Crippen MR) is 75.7 cm³/mol. The first kappa shape index (κ1) is 15.7. The molecule has 0 bridgehead atoms. The lowest BCUT2D eigenvalue weighted by atomic mass is 10.2. The molecule has 0 aromatic carbocycles. The zero-order valence-electron chi connectivity index (χ0n) is 12.4. The van der Waals surface area contributed by atoms with Crippen LogP contribution in [0.2, 0.25) is 0 Å². The van der Waals surface area contributed by atoms with Crippen LogP contribution in [-0.2, 0) is 19.6 Å². The van der Waals surface area contributed by atoms with Crippen LogP contribution in [0.1, 0.15) is 26.7 Å². The van der Waals surface area contributed by atoms with Crippen molar-refractivity contribution in [1.82, 2.24) is 9.21 Å². The second-order valence-corrected chi connectivity index (χ2v) is 7.77. The quantitative estimate of drug-likeness (QED) is 0.707. The first-order valence-corrected chi connectivity index (χ1v) is 8.81. The summed E-state index contributed by atoms with van der Waals surface area (Å²) in [5.41, 5.74) is 0. The molecule has 2 unspecified atom stereocenters. The Kier molecular flexibility index (Phi) is 4.71. The number of amides is 1. The molecule has 1 saturated carbocycles. The fourth-order valence-corrected chi connectivity index (χ4v) is 4.26. The van der Waals surface area contributed by atoms with Crippen molar-refractivity contribution in [2.24, 2.45) is 5.92 Å². The minimum absolute atomic E-state index is 0.00474. The minimum atomic E-state index is -3.44. The number of sulfonamides is 1. The number of likely N-dealkylation sites (N-methyl/N-ethyl adjacent to an activating group) is 1. The largest absolute Gasteiger partial charge is 0.377 e. The molecule has 1 heterocycles. The third kappa shape index (κ3) is 3.51. The van der Waals surface area contributed by atoms with E-state index in [1.54, 1.807) is 11.9 Å². The second kappa shape index (κ2) is 5.99. The van der Waals surface area contributed by atoms with Crippen molar-refractivity contribution in [2.75, 3.05) is 32.5 Å². The number of hydrogen-bond acceptors (Lipinski definition) is 4. The van der Waals surface area contributed by atoms with Crippen LogP contribution >= 0.6 is 0 Å². The molecule has 0 aromatic heterocycles. The van der Waals surface area contributed by atoms with E-state index in [1.165, 1.54) is 4.31 Å². The monoisotopic (exact) mass is 304 g/mol. The Hall–Kier alpha value is -0.660. The van der Waals surface area contributed by atoms with E-state index < -0.39 is 10.0 Å². The van der Waals surface area contributed by atoms with Gasteiger partial charge in [-0.15, -0.1) is 0 Å². The van der Waals surface area contributed by atoms with Gasteiger partial charge in [0.15, 0.2) is 0 Å². The molecule has 0 spiro atoms. The molecular formula is C13H24N2O4S. The van der Waals surface area contributed by atoms with Gasteiger partial charge in [0.05, 0.1) is 18.4 Å². The van der Waals surface area contributed by atoms with E-state index in [4.69, 9.17) is 4.74 Å². The SMILES string of the molecule is CCOC(CS(=O)(=O)N1CC(=O)N(C)C(C)C1)C1CC1. The maximum absolute atomic E-state index is 12.5. The van der Waals surface area contributed by atoms with Crippen LogP contribution in [0.15, 0.2) is 0 Å². The molecule has 2 atom stereocenters. The molecule has 1 amide bonds. The van der Waals surface area contributed by atoms with Crippen molar-refractivity contribution < 1.29 is 17.9 Å². The first-order chi connectivity index (χ1) is 9.35. The Bertz CT molecular complexity index is 461. The number of carbonyl (C=O) groups excluding carboxylic acids is 1. The van der Waals surface area contributed by atoms with E-state index in [2.05, 4.69) is 0 Å². The highest BCUT2D eigenvalue weighted by atomic mass is 32.2. The van der Waals surface area contributed by atoms with Gasteiger partial charge in [0.1, 0.15) is 0 Å². The van der Waals surface area contributed by atoms with Crippen LogP contribution in [0.4, 0.5) is 0 Å².